The second-order valence-corrected chi connectivity index (χ2v) is 4.59. The van der Waals surface area contributed by atoms with Crippen LogP contribution in [0, 0.1) is 0 Å². The zero-order valence-corrected chi connectivity index (χ0v) is 10.8. The van der Waals surface area contributed by atoms with Gasteiger partial charge in [0.05, 0.1) is 12.0 Å². The van der Waals surface area contributed by atoms with Gasteiger partial charge in [-0.15, -0.1) is 0 Å². The Labute approximate surface area is 106 Å². The first-order chi connectivity index (χ1) is 8.16. The van der Waals surface area contributed by atoms with Crippen molar-refractivity contribution in [3.05, 3.63) is 53.1 Å². The predicted molar refractivity (Wildman–Crippen MR) is 69.9 cm³/mol. The molecular formula is C13H16ClN3. The molecular weight excluding hydrogens is 234 g/mol. The molecule has 0 bridgehead atoms. The molecule has 2 rings (SSSR count). The number of hydrogen-bond acceptors (Lipinski definition) is 2. The average Bonchev–Trinajstić information content (AvgIpc) is 2.72. The molecule has 17 heavy (non-hydrogen) atoms. The largest absolute Gasteiger partial charge is 0.337 e. The molecule has 0 spiro atoms. The molecule has 0 fully saturated rings. The summed E-state index contributed by atoms with van der Waals surface area (Å²) in [6.07, 6.45) is 3.68. The average molecular weight is 250 g/mol. The molecule has 3 nitrogen and oxygen atoms in total. The SMILES string of the molecule is CC(NCc1cncn1C)c1cccc(Cl)c1. The van der Waals surface area contributed by atoms with Crippen LogP contribution in [0.15, 0.2) is 36.8 Å². The molecule has 0 aliphatic rings. The molecule has 0 saturated carbocycles. The summed E-state index contributed by atoms with van der Waals surface area (Å²) >= 11 is 5.97. The molecule has 1 atom stereocenters. The van der Waals surface area contributed by atoms with E-state index in [1.54, 1.807) is 6.33 Å². The third-order valence-corrected chi connectivity index (χ3v) is 3.09. The summed E-state index contributed by atoms with van der Waals surface area (Å²) in [5.74, 6) is 0. The molecule has 0 saturated heterocycles. The van der Waals surface area contributed by atoms with E-state index < -0.39 is 0 Å². The van der Waals surface area contributed by atoms with Crippen molar-refractivity contribution in [3.8, 4) is 0 Å². The lowest BCUT2D eigenvalue weighted by molar-refractivity contribution is 0.558. The monoisotopic (exact) mass is 249 g/mol. The van der Waals surface area contributed by atoms with Crippen molar-refractivity contribution in [1.29, 1.82) is 0 Å². The number of benzene rings is 1. The maximum absolute atomic E-state index is 5.97. The Kier molecular flexibility index (Phi) is 3.82. The summed E-state index contributed by atoms with van der Waals surface area (Å²) in [4.78, 5) is 4.09. The minimum absolute atomic E-state index is 0.267. The summed E-state index contributed by atoms with van der Waals surface area (Å²) in [5.41, 5.74) is 2.36. The van der Waals surface area contributed by atoms with Crippen LogP contribution >= 0.6 is 11.6 Å². The van der Waals surface area contributed by atoms with Gasteiger partial charge in [-0.05, 0) is 24.6 Å². The van der Waals surface area contributed by atoms with E-state index in [4.69, 9.17) is 11.6 Å². The Morgan fingerprint density at radius 2 is 2.29 bits per heavy atom. The normalized spacial score (nSPS) is 12.6. The fraction of sp³-hybridized carbons (Fsp3) is 0.308. The molecule has 0 aliphatic heterocycles. The van der Waals surface area contributed by atoms with Crippen LogP contribution in [-0.4, -0.2) is 9.55 Å². The van der Waals surface area contributed by atoms with Crippen LogP contribution in [0.3, 0.4) is 0 Å². The highest BCUT2D eigenvalue weighted by atomic mass is 35.5. The Morgan fingerprint density at radius 1 is 1.47 bits per heavy atom. The first-order valence-electron chi connectivity index (χ1n) is 5.61. The minimum atomic E-state index is 0.267. The highest BCUT2D eigenvalue weighted by molar-refractivity contribution is 6.30. The van der Waals surface area contributed by atoms with E-state index in [-0.39, 0.29) is 6.04 Å². The van der Waals surface area contributed by atoms with Crippen LogP contribution in [0.5, 0.6) is 0 Å². The highest BCUT2D eigenvalue weighted by Crippen LogP contribution is 2.17. The molecule has 1 aromatic carbocycles. The van der Waals surface area contributed by atoms with Gasteiger partial charge in [0.15, 0.2) is 0 Å². The third kappa shape index (κ3) is 3.08. The predicted octanol–water partition coefficient (Wildman–Crippen LogP) is 2.92. The first-order valence-corrected chi connectivity index (χ1v) is 5.98. The van der Waals surface area contributed by atoms with Gasteiger partial charge in [-0.25, -0.2) is 4.98 Å². The van der Waals surface area contributed by atoms with Gasteiger partial charge in [0.2, 0.25) is 0 Å². The van der Waals surface area contributed by atoms with Gasteiger partial charge >= 0.3 is 0 Å². The van der Waals surface area contributed by atoms with Crippen molar-refractivity contribution in [2.24, 2.45) is 7.05 Å². The van der Waals surface area contributed by atoms with Crippen molar-refractivity contribution in [1.82, 2.24) is 14.9 Å². The fourth-order valence-corrected chi connectivity index (χ4v) is 1.91. The fourth-order valence-electron chi connectivity index (χ4n) is 1.71. The summed E-state index contributed by atoms with van der Waals surface area (Å²) in [6, 6.07) is 8.19. The quantitative estimate of drug-likeness (QED) is 0.903. The van der Waals surface area contributed by atoms with Crippen molar-refractivity contribution < 1.29 is 0 Å². The van der Waals surface area contributed by atoms with Crippen LogP contribution in [0.1, 0.15) is 24.2 Å². The van der Waals surface area contributed by atoms with E-state index >= 15 is 0 Å². The number of aryl methyl sites for hydroxylation is 1. The Morgan fingerprint density at radius 3 is 2.94 bits per heavy atom. The molecule has 0 radical (unpaired) electrons. The van der Waals surface area contributed by atoms with Crippen molar-refractivity contribution >= 4 is 11.6 Å². The molecule has 1 unspecified atom stereocenters. The van der Waals surface area contributed by atoms with Crippen LogP contribution in [0.2, 0.25) is 5.02 Å². The van der Waals surface area contributed by atoms with Crippen molar-refractivity contribution in [2.45, 2.75) is 19.5 Å². The van der Waals surface area contributed by atoms with Gasteiger partial charge in [0.1, 0.15) is 0 Å². The van der Waals surface area contributed by atoms with E-state index in [0.717, 1.165) is 11.6 Å². The first kappa shape index (κ1) is 12.1. The lowest BCUT2D eigenvalue weighted by Crippen LogP contribution is -2.19. The van der Waals surface area contributed by atoms with Crippen molar-refractivity contribution in [3.63, 3.8) is 0 Å². The number of aromatic nitrogens is 2. The van der Waals surface area contributed by atoms with E-state index in [2.05, 4.69) is 23.3 Å². The lowest BCUT2D eigenvalue weighted by Gasteiger charge is -2.14. The van der Waals surface area contributed by atoms with E-state index in [1.165, 1.54) is 11.3 Å². The Hall–Kier alpha value is -1.32. The minimum Gasteiger partial charge on any atom is -0.337 e. The highest BCUT2D eigenvalue weighted by Gasteiger charge is 2.06. The number of imidazole rings is 1. The standard InChI is InChI=1S/C13H16ClN3/c1-10(11-4-3-5-12(14)6-11)16-8-13-7-15-9-17(13)2/h3-7,9-10,16H,8H2,1-2H3. The van der Waals surface area contributed by atoms with Crippen LogP contribution in [-0.2, 0) is 13.6 Å². The Balaban J connectivity index is 1.98. The number of nitrogens with one attached hydrogen (secondary N) is 1. The number of hydrogen-bond donors (Lipinski definition) is 1. The van der Waals surface area contributed by atoms with Crippen molar-refractivity contribution in [2.75, 3.05) is 0 Å². The maximum atomic E-state index is 5.97. The number of rotatable bonds is 4. The van der Waals surface area contributed by atoms with Crippen LogP contribution < -0.4 is 5.32 Å². The van der Waals surface area contributed by atoms with Gasteiger partial charge in [-0.3, -0.25) is 0 Å². The number of nitrogens with zero attached hydrogens (tertiary/aromatic N) is 2. The molecule has 1 aromatic heterocycles. The van der Waals surface area contributed by atoms with Gasteiger partial charge in [0, 0.05) is 30.9 Å². The van der Waals surface area contributed by atoms with Crippen LogP contribution in [0.4, 0.5) is 0 Å². The zero-order valence-electron chi connectivity index (χ0n) is 10.0. The molecule has 2 aromatic rings. The molecule has 0 aliphatic carbocycles. The van der Waals surface area contributed by atoms with Gasteiger partial charge in [0.25, 0.3) is 0 Å². The molecule has 1 N–H and O–H groups in total. The van der Waals surface area contributed by atoms with Gasteiger partial charge in [-0.1, -0.05) is 23.7 Å². The second kappa shape index (κ2) is 5.34. The summed E-state index contributed by atoms with van der Waals surface area (Å²) in [7, 11) is 1.99. The third-order valence-electron chi connectivity index (χ3n) is 2.85. The molecule has 0 amide bonds. The smallest absolute Gasteiger partial charge is 0.0945 e. The number of halogens is 1. The molecule has 90 valence electrons. The molecule has 1 heterocycles. The zero-order chi connectivity index (χ0) is 12.3. The van der Waals surface area contributed by atoms with Gasteiger partial charge < -0.3 is 9.88 Å². The summed E-state index contributed by atoms with van der Waals surface area (Å²) in [6.45, 7) is 2.92. The Bertz CT molecular complexity index is 493. The summed E-state index contributed by atoms with van der Waals surface area (Å²) < 4.78 is 2.01. The summed E-state index contributed by atoms with van der Waals surface area (Å²) in [5, 5.41) is 4.22. The van der Waals surface area contributed by atoms with Gasteiger partial charge in [-0.2, -0.15) is 0 Å². The second-order valence-electron chi connectivity index (χ2n) is 4.15. The topological polar surface area (TPSA) is 29.9 Å². The lowest BCUT2D eigenvalue weighted by atomic mass is 10.1. The van der Waals surface area contributed by atoms with Crippen LogP contribution in [0.25, 0.3) is 0 Å². The molecule has 4 heteroatoms. The van der Waals surface area contributed by atoms with E-state index in [0.29, 0.717) is 0 Å². The van der Waals surface area contributed by atoms with E-state index in [1.807, 2.05) is 36.0 Å². The maximum Gasteiger partial charge on any atom is 0.0945 e. The van der Waals surface area contributed by atoms with E-state index in [9.17, 15) is 0 Å².